The zero-order valence-corrected chi connectivity index (χ0v) is 13.3. The minimum absolute atomic E-state index is 0.00522. The molecule has 1 saturated heterocycles. The van der Waals surface area contributed by atoms with Crippen LogP contribution in [0, 0.1) is 5.92 Å². The highest BCUT2D eigenvalue weighted by Gasteiger charge is 2.33. The Balaban J connectivity index is 2.47. The average Bonchev–Trinajstić information content (AvgIpc) is 2.25. The lowest BCUT2D eigenvalue weighted by atomic mass is 9.84. The van der Waals surface area contributed by atoms with Gasteiger partial charge in [-0.3, -0.25) is 0 Å². The van der Waals surface area contributed by atoms with Gasteiger partial charge in [-0.2, -0.15) is 13.2 Å². The summed E-state index contributed by atoms with van der Waals surface area (Å²) in [6.45, 7) is 2.35. The van der Waals surface area contributed by atoms with E-state index < -0.39 is 28.2 Å². The first-order valence-electron chi connectivity index (χ1n) is 7.13. The van der Waals surface area contributed by atoms with E-state index in [0.29, 0.717) is 19.5 Å². The second kappa shape index (κ2) is 6.83. The summed E-state index contributed by atoms with van der Waals surface area (Å²) in [4.78, 5) is 0. The van der Waals surface area contributed by atoms with E-state index in [0.717, 1.165) is 19.1 Å². The first-order valence-corrected chi connectivity index (χ1v) is 8.98. The molecule has 1 N–H and O–H groups in total. The molecule has 0 saturated carbocycles. The van der Waals surface area contributed by atoms with E-state index in [1.54, 1.807) is 0 Å². The molecule has 0 amide bonds. The van der Waals surface area contributed by atoms with Gasteiger partial charge in [-0.25, -0.2) is 12.7 Å². The standard InChI is InChI=1S/C13H24F3NO3S/c1-12(18,6-4-7-13(14,15)16)9-11-5-3-8-17(10-11)21(2,19)20/h11,18H,3-10H2,1-2H3. The molecule has 1 heterocycles. The van der Waals surface area contributed by atoms with Gasteiger partial charge in [-0.15, -0.1) is 0 Å². The molecule has 1 fully saturated rings. The van der Waals surface area contributed by atoms with E-state index in [-0.39, 0.29) is 18.8 Å². The Morgan fingerprint density at radius 3 is 2.43 bits per heavy atom. The van der Waals surface area contributed by atoms with Crippen molar-refractivity contribution in [3.05, 3.63) is 0 Å². The summed E-state index contributed by atoms with van der Waals surface area (Å²) in [5.74, 6) is -0.00522. The molecule has 0 aromatic carbocycles. The van der Waals surface area contributed by atoms with Gasteiger partial charge in [0.05, 0.1) is 11.9 Å². The summed E-state index contributed by atoms with van der Waals surface area (Å²) >= 11 is 0. The molecule has 0 bridgehead atoms. The maximum absolute atomic E-state index is 12.1. The van der Waals surface area contributed by atoms with Crippen LogP contribution in [0.2, 0.25) is 0 Å². The van der Waals surface area contributed by atoms with Gasteiger partial charge in [-0.1, -0.05) is 0 Å². The highest BCUT2D eigenvalue weighted by atomic mass is 32.2. The monoisotopic (exact) mass is 331 g/mol. The highest BCUT2D eigenvalue weighted by molar-refractivity contribution is 7.88. The van der Waals surface area contributed by atoms with Crippen LogP contribution >= 0.6 is 0 Å². The maximum atomic E-state index is 12.1. The predicted octanol–water partition coefficient (Wildman–Crippen LogP) is 2.53. The largest absolute Gasteiger partial charge is 0.390 e. The second-order valence-corrected chi connectivity index (χ2v) is 8.28. The van der Waals surface area contributed by atoms with Crippen LogP contribution in [0.15, 0.2) is 0 Å². The normalized spacial score (nSPS) is 24.8. The molecule has 4 nitrogen and oxygen atoms in total. The van der Waals surface area contributed by atoms with E-state index in [2.05, 4.69) is 0 Å². The van der Waals surface area contributed by atoms with Crippen LogP contribution in [0.3, 0.4) is 0 Å². The van der Waals surface area contributed by atoms with Crippen molar-refractivity contribution in [1.29, 1.82) is 0 Å². The molecule has 0 aromatic rings. The third-order valence-electron chi connectivity index (χ3n) is 3.85. The number of nitrogens with zero attached hydrogens (tertiary/aromatic N) is 1. The average molecular weight is 331 g/mol. The number of halogens is 3. The van der Waals surface area contributed by atoms with Crippen LogP contribution in [0.25, 0.3) is 0 Å². The molecule has 8 heteroatoms. The van der Waals surface area contributed by atoms with Gasteiger partial charge in [-0.05, 0) is 44.9 Å². The fourth-order valence-corrected chi connectivity index (χ4v) is 3.83. The number of hydrogen-bond donors (Lipinski definition) is 1. The second-order valence-electron chi connectivity index (χ2n) is 6.30. The minimum atomic E-state index is -4.20. The lowest BCUT2D eigenvalue weighted by molar-refractivity contribution is -0.138. The molecule has 2 unspecified atom stereocenters. The van der Waals surface area contributed by atoms with Gasteiger partial charge in [0, 0.05) is 19.5 Å². The Bertz CT molecular complexity index is 434. The molecule has 0 aliphatic carbocycles. The topological polar surface area (TPSA) is 57.6 Å². The Kier molecular flexibility index (Phi) is 6.08. The van der Waals surface area contributed by atoms with Crippen molar-refractivity contribution in [2.24, 2.45) is 5.92 Å². The fraction of sp³-hybridized carbons (Fsp3) is 1.00. The van der Waals surface area contributed by atoms with E-state index in [1.165, 1.54) is 11.2 Å². The highest BCUT2D eigenvalue weighted by Crippen LogP contribution is 2.31. The Morgan fingerprint density at radius 1 is 1.29 bits per heavy atom. The fourth-order valence-electron chi connectivity index (χ4n) is 2.89. The molecule has 1 aliphatic heterocycles. The van der Waals surface area contributed by atoms with Gasteiger partial charge >= 0.3 is 6.18 Å². The van der Waals surface area contributed by atoms with Crippen LogP contribution in [0.4, 0.5) is 13.2 Å². The van der Waals surface area contributed by atoms with E-state index in [9.17, 15) is 26.7 Å². The lowest BCUT2D eigenvalue weighted by Crippen LogP contribution is -2.41. The Labute approximate surface area is 124 Å². The molecule has 2 atom stereocenters. The number of rotatable bonds is 6. The van der Waals surface area contributed by atoms with E-state index in [1.807, 2.05) is 0 Å². The van der Waals surface area contributed by atoms with Crippen LogP contribution in [0.5, 0.6) is 0 Å². The third kappa shape index (κ3) is 7.46. The SMILES string of the molecule is CC(O)(CCCC(F)(F)F)CC1CCCN(S(C)(=O)=O)C1. The van der Waals surface area contributed by atoms with E-state index in [4.69, 9.17) is 0 Å². The van der Waals surface area contributed by atoms with Gasteiger partial charge in [0.1, 0.15) is 0 Å². The van der Waals surface area contributed by atoms with Gasteiger partial charge in [0.2, 0.25) is 10.0 Å². The van der Waals surface area contributed by atoms with Crippen LogP contribution in [-0.4, -0.2) is 49.0 Å². The van der Waals surface area contributed by atoms with Crippen molar-refractivity contribution in [1.82, 2.24) is 4.31 Å². The first kappa shape index (κ1) is 18.7. The molecule has 0 aromatic heterocycles. The molecular formula is C13H24F3NO3S. The summed E-state index contributed by atoms with van der Waals surface area (Å²) in [7, 11) is -3.25. The van der Waals surface area contributed by atoms with Crippen molar-refractivity contribution in [3.63, 3.8) is 0 Å². The van der Waals surface area contributed by atoms with Crippen molar-refractivity contribution in [2.45, 2.75) is 57.2 Å². The third-order valence-corrected chi connectivity index (χ3v) is 5.12. The minimum Gasteiger partial charge on any atom is -0.390 e. The summed E-state index contributed by atoms with van der Waals surface area (Å²) in [6, 6.07) is 0. The van der Waals surface area contributed by atoms with Gasteiger partial charge < -0.3 is 5.11 Å². The zero-order chi connectivity index (χ0) is 16.3. The molecule has 1 rings (SSSR count). The predicted molar refractivity (Wildman–Crippen MR) is 74.3 cm³/mol. The van der Waals surface area contributed by atoms with Crippen molar-refractivity contribution >= 4 is 10.0 Å². The number of sulfonamides is 1. The van der Waals surface area contributed by atoms with Crippen LogP contribution < -0.4 is 0 Å². The Hall–Kier alpha value is -0.340. The van der Waals surface area contributed by atoms with Crippen LogP contribution in [0.1, 0.15) is 45.4 Å². The van der Waals surface area contributed by atoms with Crippen molar-refractivity contribution in [2.75, 3.05) is 19.3 Å². The molecule has 21 heavy (non-hydrogen) atoms. The smallest absolute Gasteiger partial charge is 0.389 e. The number of hydrogen-bond acceptors (Lipinski definition) is 3. The van der Waals surface area contributed by atoms with Crippen LogP contribution in [-0.2, 0) is 10.0 Å². The quantitative estimate of drug-likeness (QED) is 0.814. The summed E-state index contributed by atoms with van der Waals surface area (Å²) in [6.07, 6.45) is -2.15. The Morgan fingerprint density at radius 2 is 1.90 bits per heavy atom. The number of piperidine rings is 1. The lowest BCUT2D eigenvalue weighted by Gasteiger charge is -2.35. The first-order chi connectivity index (χ1) is 9.39. The zero-order valence-electron chi connectivity index (χ0n) is 12.5. The maximum Gasteiger partial charge on any atom is 0.389 e. The molecule has 1 aliphatic rings. The van der Waals surface area contributed by atoms with Crippen molar-refractivity contribution < 1.29 is 26.7 Å². The number of alkyl halides is 3. The molecular weight excluding hydrogens is 307 g/mol. The van der Waals surface area contributed by atoms with Gasteiger partial charge in [0.25, 0.3) is 0 Å². The van der Waals surface area contributed by atoms with Crippen molar-refractivity contribution in [3.8, 4) is 0 Å². The molecule has 0 spiro atoms. The summed E-state index contributed by atoms with van der Waals surface area (Å²) < 4.78 is 60.8. The summed E-state index contributed by atoms with van der Waals surface area (Å²) in [5, 5.41) is 10.2. The molecule has 126 valence electrons. The molecule has 0 radical (unpaired) electrons. The number of aliphatic hydroxyl groups is 1. The van der Waals surface area contributed by atoms with Gasteiger partial charge in [0.15, 0.2) is 0 Å². The van der Waals surface area contributed by atoms with E-state index >= 15 is 0 Å². The summed E-state index contributed by atoms with van der Waals surface area (Å²) in [5.41, 5.74) is -1.18.